The summed E-state index contributed by atoms with van der Waals surface area (Å²) < 4.78 is 40.3. The van der Waals surface area contributed by atoms with Gasteiger partial charge in [0.2, 0.25) is 10.0 Å². The molecule has 3 heterocycles. The van der Waals surface area contributed by atoms with Crippen molar-refractivity contribution in [3.63, 3.8) is 0 Å². The van der Waals surface area contributed by atoms with Gasteiger partial charge >= 0.3 is 0 Å². The Balaban J connectivity index is 1.44. The van der Waals surface area contributed by atoms with Crippen LogP contribution in [0.1, 0.15) is 43.6 Å². The standard InChI is InChI=1S/C25H32N4O4S/c1-4-29-22-10-9-19(34(30,31)27(2)3)16-20(22)26-25(29)17-28-12-5-7-21(28)18-8-11-23-24(15-18)33-14-6-13-32-23/h8-11,15-16,21H,4-7,12-14,17H2,1-3H3/t21-/m0/s1. The van der Waals surface area contributed by atoms with Crippen LogP contribution < -0.4 is 9.47 Å². The van der Waals surface area contributed by atoms with Crippen molar-refractivity contribution >= 4 is 21.1 Å². The SMILES string of the molecule is CCn1c(CN2CCC[C@H]2c2ccc3c(c2)OCCCO3)nc2cc(S(=O)(=O)N(C)C)ccc21. The van der Waals surface area contributed by atoms with Crippen molar-refractivity contribution in [3.8, 4) is 11.5 Å². The summed E-state index contributed by atoms with van der Waals surface area (Å²) in [6.07, 6.45) is 3.10. The zero-order valence-corrected chi connectivity index (χ0v) is 20.8. The van der Waals surface area contributed by atoms with Crippen LogP contribution in [0.3, 0.4) is 0 Å². The molecule has 1 saturated heterocycles. The molecule has 0 spiro atoms. The van der Waals surface area contributed by atoms with Crippen LogP contribution in [0.15, 0.2) is 41.3 Å². The highest BCUT2D eigenvalue weighted by Crippen LogP contribution is 2.38. The van der Waals surface area contributed by atoms with Gasteiger partial charge in [-0.05, 0) is 62.2 Å². The minimum atomic E-state index is -3.50. The summed E-state index contributed by atoms with van der Waals surface area (Å²) in [7, 11) is -0.416. The molecular weight excluding hydrogens is 452 g/mol. The maximum atomic E-state index is 12.6. The largest absolute Gasteiger partial charge is 0.490 e. The molecule has 0 bridgehead atoms. The lowest BCUT2D eigenvalue weighted by atomic mass is 10.0. The number of aromatic nitrogens is 2. The van der Waals surface area contributed by atoms with Gasteiger partial charge in [-0.15, -0.1) is 0 Å². The molecule has 5 rings (SSSR count). The highest BCUT2D eigenvalue weighted by molar-refractivity contribution is 7.89. The zero-order valence-electron chi connectivity index (χ0n) is 20.0. The molecule has 0 amide bonds. The second kappa shape index (κ2) is 9.20. The van der Waals surface area contributed by atoms with Crippen LogP contribution in [-0.4, -0.2) is 61.0 Å². The molecule has 0 unspecified atom stereocenters. The van der Waals surface area contributed by atoms with Crippen LogP contribution in [0.5, 0.6) is 11.5 Å². The van der Waals surface area contributed by atoms with Gasteiger partial charge in [0.15, 0.2) is 11.5 Å². The van der Waals surface area contributed by atoms with Crippen molar-refractivity contribution in [3.05, 3.63) is 47.8 Å². The van der Waals surface area contributed by atoms with Crippen LogP contribution in [0.2, 0.25) is 0 Å². The third-order valence-corrected chi connectivity index (χ3v) is 8.57. The smallest absolute Gasteiger partial charge is 0.242 e. The first-order valence-corrected chi connectivity index (χ1v) is 13.4. The van der Waals surface area contributed by atoms with Gasteiger partial charge in [0.25, 0.3) is 0 Å². The predicted molar refractivity (Wildman–Crippen MR) is 131 cm³/mol. The Hall–Kier alpha value is -2.62. The monoisotopic (exact) mass is 484 g/mol. The fraction of sp³-hybridized carbons (Fsp3) is 0.480. The number of ether oxygens (including phenoxy) is 2. The third-order valence-electron chi connectivity index (χ3n) is 6.76. The van der Waals surface area contributed by atoms with Gasteiger partial charge in [0, 0.05) is 33.1 Å². The highest BCUT2D eigenvalue weighted by atomic mass is 32.2. The number of sulfonamides is 1. The molecular formula is C25H32N4O4S. The minimum absolute atomic E-state index is 0.267. The molecule has 9 heteroatoms. The first-order valence-electron chi connectivity index (χ1n) is 11.9. The highest BCUT2D eigenvalue weighted by Gasteiger charge is 2.29. The second-order valence-corrected chi connectivity index (χ2v) is 11.2. The Morgan fingerprint density at radius 2 is 1.85 bits per heavy atom. The number of aryl methyl sites for hydroxylation is 1. The van der Waals surface area contributed by atoms with E-state index in [1.165, 1.54) is 9.87 Å². The molecule has 1 fully saturated rings. The number of benzene rings is 2. The maximum Gasteiger partial charge on any atom is 0.242 e. The first kappa shape index (κ1) is 23.1. The number of fused-ring (bicyclic) bond motifs is 2. The van der Waals surface area contributed by atoms with Crippen LogP contribution in [0.25, 0.3) is 11.0 Å². The molecule has 34 heavy (non-hydrogen) atoms. The molecule has 2 aliphatic heterocycles. The van der Waals surface area contributed by atoms with E-state index < -0.39 is 10.0 Å². The van der Waals surface area contributed by atoms with E-state index in [2.05, 4.69) is 28.5 Å². The Morgan fingerprint density at radius 1 is 1.06 bits per heavy atom. The third kappa shape index (κ3) is 4.16. The molecule has 8 nitrogen and oxygen atoms in total. The molecule has 0 radical (unpaired) electrons. The van der Waals surface area contributed by atoms with Crippen LogP contribution in [0.4, 0.5) is 0 Å². The van der Waals surface area contributed by atoms with E-state index in [0.717, 1.165) is 55.2 Å². The van der Waals surface area contributed by atoms with Crippen molar-refractivity contribution in [2.75, 3.05) is 33.9 Å². The van der Waals surface area contributed by atoms with E-state index in [1.54, 1.807) is 26.2 Å². The summed E-state index contributed by atoms with van der Waals surface area (Å²) in [4.78, 5) is 7.61. The van der Waals surface area contributed by atoms with E-state index >= 15 is 0 Å². The fourth-order valence-electron chi connectivity index (χ4n) is 4.97. The fourth-order valence-corrected chi connectivity index (χ4v) is 5.89. The Kier molecular flexibility index (Phi) is 6.26. The van der Waals surface area contributed by atoms with Crippen molar-refractivity contribution < 1.29 is 17.9 Å². The average molecular weight is 485 g/mol. The van der Waals surface area contributed by atoms with Gasteiger partial charge in [-0.1, -0.05) is 6.07 Å². The molecule has 0 saturated carbocycles. The molecule has 1 aromatic heterocycles. The molecule has 0 N–H and O–H groups in total. The zero-order chi connectivity index (χ0) is 23.9. The predicted octanol–water partition coefficient (Wildman–Crippen LogP) is 3.80. The summed E-state index contributed by atoms with van der Waals surface area (Å²) in [5.74, 6) is 2.61. The van der Waals surface area contributed by atoms with Gasteiger partial charge in [0.05, 0.1) is 35.7 Å². The lowest BCUT2D eigenvalue weighted by molar-refractivity contribution is 0.238. The lowest BCUT2D eigenvalue weighted by Crippen LogP contribution is -2.24. The van der Waals surface area contributed by atoms with E-state index in [9.17, 15) is 8.42 Å². The number of hydrogen-bond donors (Lipinski definition) is 0. The number of rotatable bonds is 6. The number of nitrogens with zero attached hydrogens (tertiary/aromatic N) is 4. The van der Waals surface area contributed by atoms with Gasteiger partial charge in [-0.25, -0.2) is 17.7 Å². The molecule has 0 aliphatic carbocycles. The van der Waals surface area contributed by atoms with Gasteiger partial charge in [-0.3, -0.25) is 4.90 Å². The second-order valence-electron chi connectivity index (χ2n) is 9.10. The molecule has 182 valence electrons. The first-order chi connectivity index (χ1) is 16.4. The van der Waals surface area contributed by atoms with E-state index in [4.69, 9.17) is 14.5 Å². The van der Waals surface area contributed by atoms with Crippen LogP contribution >= 0.6 is 0 Å². The van der Waals surface area contributed by atoms with Gasteiger partial charge in [0.1, 0.15) is 5.82 Å². The molecule has 1 atom stereocenters. The van der Waals surface area contributed by atoms with E-state index in [-0.39, 0.29) is 10.9 Å². The Bertz CT molecular complexity index is 1300. The minimum Gasteiger partial charge on any atom is -0.490 e. The van der Waals surface area contributed by atoms with Crippen molar-refractivity contribution in [1.29, 1.82) is 0 Å². The summed E-state index contributed by atoms with van der Waals surface area (Å²) in [6.45, 7) is 5.93. The number of imidazole rings is 1. The number of hydrogen-bond acceptors (Lipinski definition) is 6. The van der Waals surface area contributed by atoms with E-state index in [1.807, 2.05) is 12.1 Å². The Labute approximate surface area is 201 Å². The molecule has 2 aliphatic rings. The lowest BCUT2D eigenvalue weighted by Gasteiger charge is -2.25. The van der Waals surface area contributed by atoms with Crippen molar-refractivity contribution in [1.82, 2.24) is 18.8 Å². The van der Waals surface area contributed by atoms with Crippen molar-refractivity contribution in [2.24, 2.45) is 0 Å². The van der Waals surface area contributed by atoms with Gasteiger partial charge in [-0.2, -0.15) is 0 Å². The van der Waals surface area contributed by atoms with Crippen LogP contribution in [-0.2, 0) is 23.1 Å². The maximum absolute atomic E-state index is 12.6. The normalized spacial score (nSPS) is 19.1. The summed E-state index contributed by atoms with van der Waals surface area (Å²) >= 11 is 0. The summed E-state index contributed by atoms with van der Waals surface area (Å²) in [6, 6.07) is 11.8. The summed E-state index contributed by atoms with van der Waals surface area (Å²) in [5, 5.41) is 0. The van der Waals surface area contributed by atoms with Gasteiger partial charge < -0.3 is 14.0 Å². The van der Waals surface area contributed by atoms with Crippen LogP contribution in [0, 0.1) is 0 Å². The summed E-state index contributed by atoms with van der Waals surface area (Å²) in [5.41, 5.74) is 2.91. The molecule has 3 aromatic rings. The number of likely N-dealkylation sites (tertiary alicyclic amines) is 1. The van der Waals surface area contributed by atoms with E-state index in [0.29, 0.717) is 25.3 Å². The molecule has 2 aromatic carbocycles. The quantitative estimate of drug-likeness (QED) is 0.530. The van der Waals surface area contributed by atoms with Crippen molar-refractivity contribution in [2.45, 2.75) is 50.2 Å². The average Bonchev–Trinajstić information content (AvgIpc) is 3.34. The topological polar surface area (TPSA) is 76.9 Å². The Morgan fingerprint density at radius 3 is 2.62 bits per heavy atom.